The van der Waals surface area contributed by atoms with Gasteiger partial charge in [-0.1, -0.05) is 27.2 Å². The zero-order valence-electron chi connectivity index (χ0n) is 14.1. The fourth-order valence-corrected chi connectivity index (χ4v) is 3.02. The number of hydrogen-bond acceptors (Lipinski definition) is 3. The standard InChI is InChI=1S/C16H28N4O.ClH/c1-16(2,3)10-12-9-14(20(4)19-12)18-15(21)8-11-6-5-7-13(11)17;/h9,11,13H,5-8,10,17H2,1-4H3,(H,18,21);1H/t11-,13+;/m0./s1. The average Bonchev–Trinajstić information content (AvgIpc) is 2.85. The van der Waals surface area contributed by atoms with Crippen LogP contribution in [-0.2, 0) is 18.3 Å². The van der Waals surface area contributed by atoms with E-state index in [9.17, 15) is 4.79 Å². The summed E-state index contributed by atoms with van der Waals surface area (Å²) in [5.74, 6) is 1.14. The Bertz CT molecular complexity index is 507. The fourth-order valence-electron chi connectivity index (χ4n) is 3.02. The second kappa shape index (κ2) is 7.47. The van der Waals surface area contributed by atoms with Gasteiger partial charge in [0.05, 0.1) is 5.69 Å². The monoisotopic (exact) mass is 328 g/mol. The van der Waals surface area contributed by atoms with Crippen molar-refractivity contribution in [2.75, 3.05) is 5.32 Å². The first-order valence-corrected chi connectivity index (χ1v) is 7.83. The number of nitrogens with zero attached hydrogens (tertiary/aromatic N) is 2. The smallest absolute Gasteiger partial charge is 0.225 e. The van der Waals surface area contributed by atoms with Gasteiger partial charge in [-0.15, -0.1) is 12.4 Å². The van der Waals surface area contributed by atoms with Crippen molar-refractivity contribution in [3.63, 3.8) is 0 Å². The maximum Gasteiger partial charge on any atom is 0.225 e. The molecule has 126 valence electrons. The Balaban J connectivity index is 0.00000242. The highest BCUT2D eigenvalue weighted by atomic mass is 35.5. The van der Waals surface area contributed by atoms with Gasteiger partial charge in [-0.05, 0) is 30.6 Å². The van der Waals surface area contributed by atoms with E-state index < -0.39 is 0 Å². The third-order valence-corrected chi connectivity index (χ3v) is 4.07. The highest BCUT2D eigenvalue weighted by molar-refractivity contribution is 5.90. The molecule has 6 heteroatoms. The van der Waals surface area contributed by atoms with Crippen molar-refractivity contribution in [3.8, 4) is 0 Å². The van der Waals surface area contributed by atoms with Gasteiger partial charge in [0.2, 0.25) is 5.91 Å². The Morgan fingerprint density at radius 3 is 2.68 bits per heavy atom. The molecule has 0 aromatic carbocycles. The molecule has 0 aliphatic heterocycles. The molecule has 0 radical (unpaired) electrons. The van der Waals surface area contributed by atoms with Gasteiger partial charge in [0.15, 0.2) is 0 Å². The molecule has 1 saturated carbocycles. The number of aromatic nitrogens is 2. The predicted octanol–water partition coefficient (Wildman–Crippen LogP) is 2.89. The average molecular weight is 329 g/mol. The van der Waals surface area contributed by atoms with E-state index in [1.54, 1.807) is 4.68 Å². The molecule has 1 fully saturated rings. The summed E-state index contributed by atoms with van der Waals surface area (Å²) >= 11 is 0. The lowest BCUT2D eigenvalue weighted by Crippen LogP contribution is -2.28. The van der Waals surface area contributed by atoms with Gasteiger partial charge in [-0.25, -0.2) is 0 Å². The fraction of sp³-hybridized carbons (Fsp3) is 0.750. The molecule has 1 amide bonds. The van der Waals surface area contributed by atoms with Crippen LogP contribution in [0.2, 0.25) is 0 Å². The summed E-state index contributed by atoms with van der Waals surface area (Å²) < 4.78 is 1.74. The molecule has 1 aromatic rings. The lowest BCUT2D eigenvalue weighted by atomic mass is 9.91. The van der Waals surface area contributed by atoms with E-state index in [0.29, 0.717) is 12.3 Å². The molecule has 1 aromatic heterocycles. The molecule has 2 atom stereocenters. The highest BCUT2D eigenvalue weighted by Crippen LogP contribution is 2.27. The number of anilines is 1. The van der Waals surface area contributed by atoms with Gasteiger partial charge in [0.1, 0.15) is 5.82 Å². The van der Waals surface area contributed by atoms with Gasteiger partial charge in [-0.3, -0.25) is 9.48 Å². The second-order valence-corrected chi connectivity index (χ2v) is 7.49. The van der Waals surface area contributed by atoms with E-state index in [1.807, 2.05) is 13.1 Å². The van der Waals surface area contributed by atoms with Crippen molar-refractivity contribution in [3.05, 3.63) is 11.8 Å². The summed E-state index contributed by atoms with van der Waals surface area (Å²) in [5, 5.41) is 7.44. The van der Waals surface area contributed by atoms with Crippen molar-refractivity contribution >= 4 is 24.1 Å². The Morgan fingerprint density at radius 1 is 1.45 bits per heavy atom. The third-order valence-electron chi connectivity index (χ3n) is 4.07. The molecule has 1 heterocycles. The van der Waals surface area contributed by atoms with E-state index >= 15 is 0 Å². The normalized spacial score (nSPS) is 21.5. The summed E-state index contributed by atoms with van der Waals surface area (Å²) in [6.45, 7) is 6.55. The Labute approximate surface area is 139 Å². The first kappa shape index (κ1) is 19.0. The Kier molecular flexibility index (Phi) is 6.44. The van der Waals surface area contributed by atoms with Crippen LogP contribution in [-0.4, -0.2) is 21.7 Å². The van der Waals surface area contributed by atoms with E-state index in [4.69, 9.17) is 5.73 Å². The molecule has 2 rings (SSSR count). The van der Waals surface area contributed by atoms with Crippen LogP contribution in [0.15, 0.2) is 6.07 Å². The van der Waals surface area contributed by atoms with Crippen molar-refractivity contribution in [2.24, 2.45) is 24.1 Å². The quantitative estimate of drug-likeness (QED) is 0.892. The van der Waals surface area contributed by atoms with Gasteiger partial charge in [-0.2, -0.15) is 5.10 Å². The number of rotatable bonds is 4. The topological polar surface area (TPSA) is 72.9 Å². The molecule has 1 aliphatic rings. The van der Waals surface area contributed by atoms with Crippen LogP contribution in [0.4, 0.5) is 5.82 Å². The predicted molar refractivity (Wildman–Crippen MR) is 92.2 cm³/mol. The van der Waals surface area contributed by atoms with Gasteiger partial charge in [0.25, 0.3) is 0 Å². The van der Waals surface area contributed by atoms with E-state index in [2.05, 4.69) is 31.2 Å². The van der Waals surface area contributed by atoms with Crippen LogP contribution in [0.3, 0.4) is 0 Å². The van der Waals surface area contributed by atoms with Crippen LogP contribution in [0.25, 0.3) is 0 Å². The molecule has 0 bridgehead atoms. The van der Waals surface area contributed by atoms with Crippen molar-refractivity contribution in [2.45, 2.75) is 58.9 Å². The lowest BCUT2D eigenvalue weighted by Gasteiger charge is -2.15. The number of nitrogens with two attached hydrogens (primary N) is 1. The van der Waals surface area contributed by atoms with E-state index in [-0.39, 0.29) is 29.8 Å². The van der Waals surface area contributed by atoms with Crippen LogP contribution in [0.5, 0.6) is 0 Å². The third kappa shape index (κ3) is 5.29. The molecule has 0 spiro atoms. The Morgan fingerprint density at radius 2 is 2.14 bits per heavy atom. The van der Waals surface area contributed by atoms with Crippen LogP contribution < -0.4 is 11.1 Å². The van der Waals surface area contributed by atoms with Crippen LogP contribution >= 0.6 is 12.4 Å². The SMILES string of the molecule is Cl.Cn1nc(CC(C)(C)C)cc1NC(=O)C[C@@H]1CCC[C@H]1N. The van der Waals surface area contributed by atoms with Crippen LogP contribution in [0.1, 0.15) is 52.1 Å². The minimum Gasteiger partial charge on any atom is -0.327 e. The van der Waals surface area contributed by atoms with Crippen LogP contribution in [0, 0.1) is 11.3 Å². The number of halogens is 1. The number of nitrogens with one attached hydrogen (secondary N) is 1. The summed E-state index contributed by atoms with van der Waals surface area (Å²) in [6, 6.07) is 2.15. The number of hydrogen-bond donors (Lipinski definition) is 2. The van der Waals surface area contributed by atoms with Gasteiger partial charge >= 0.3 is 0 Å². The summed E-state index contributed by atoms with van der Waals surface area (Å²) in [4.78, 5) is 12.2. The highest BCUT2D eigenvalue weighted by Gasteiger charge is 2.26. The zero-order chi connectivity index (χ0) is 15.6. The van der Waals surface area contributed by atoms with Gasteiger partial charge in [0, 0.05) is 25.6 Å². The van der Waals surface area contributed by atoms with Crippen molar-refractivity contribution < 1.29 is 4.79 Å². The first-order chi connectivity index (χ1) is 9.74. The number of carbonyl (C=O) groups excluding carboxylic acids is 1. The maximum atomic E-state index is 12.2. The second-order valence-electron chi connectivity index (χ2n) is 7.49. The molecular weight excluding hydrogens is 300 g/mol. The molecule has 0 saturated heterocycles. The Hall–Kier alpha value is -1.07. The molecule has 22 heavy (non-hydrogen) atoms. The zero-order valence-corrected chi connectivity index (χ0v) is 14.9. The first-order valence-electron chi connectivity index (χ1n) is 7.83. The molecule has 3 N–H and O–H groups in total. The maximum absolute atomic E-state index is 12.2. The van der Waals surface area contributed by atoms with Crippen molar-refractivity contribution in [1.29, 1.82) is 0 Å². The minimum atomic E-state index is 0. The van der Waals surface area contributed by atoms with E-state index in [1.165, 1.54) is 0 Å². The summed E-state index contributed by atoms with van der Waals surface area (Å²) in [5.41, 5.74) is 7.23. The summed E-state index contributed by atoms with van der Waals surface area (Å²) in [7, 11) is 1.86. The molecule has 0 unspecified atom stereocenters. The minimum absolute atomic E-state index is 0. The largest absolute Gasteiger partial charge is 0.327 e. The number of aryl methyl sites for hydroxylation is 1. The summed E-state index contributed by atoms with van der Waals surface area (Å²) in [6.07, 6.45) is 4.65. The van der Waals surface area contributed by atoms with E-state index in [0.717, 1.165) is 37.2 Å². The molecule has 5 nitrogen and oxygen atoms in total. The van der Waals surface area contributed by atoms with Crippen molar-refractivity contribution in [1.82, 2.24) is 9.78 Å². The van der Waals surface area contributed by atoms with Gasteiger partial charge < -0.3 is 11.1 Å². The molecule has 1 aliphatic carbocycles. The number of amides is 1. The lowest BCUT2D eigenvalue weighted by molar-refractivity contribution is -0.117. The number of carbonyl (C=O) groups is 1. The molecular formula is C16H29ClN4O.